The molecule has 2 aromatic carbocycles. The van der Waals surface area contributed by atoms with Gasteiger partial charge in [0, 0.05) is 18.2 Å². The second-order valence-corrected chi connectivity index (χ2v) is 6.01. The number of ether oxygens (including phenoxy) is 1. The summed E-state index contributed by atoms with van der Waals surface area (Å²) >= 11 is 0. The first-order valence-corrected chi connectivity index (χ1v) is 8.22. The van der Waals surface area contributed by atoms with Crippen LogP contribution in [-0.4, -0.2) is 36.2 Å². The molecule has 128 valence electrons. The number of nitrogens with zero attached hydrogens (tertiary/aromatic N) is 1. The van der Waals surface area contributed by atoms with Gasteiger partial charge in [-0.15, -0.1) is 0 Å². The van der Waals surface area contributed by atoms with Crippen molar-refractivity contribution in [3.8, 4) is 5.75 Å². The maximum Gasteiger partial charge on any atom is 0.165 e. The average Bonchev–Trinajstić information content (AvgIpc) is 3.11. The molecule has 1 aliphatic rings. The van der Waals surface area contributed by atoms with Crippen LogP contribution in [0.2, 0.25) is 0 Å². The monoisotopic (exact) mass is 333 g/mol. The van der Waals surface area contributed by atoms with Crippen molar-refractivity contribution in [2.24, 2.45) is 0 Å². The van der Waals surface area contributed by atoms with E-state index in [1.54, 1.807) is 30.3 Å². The van der Waals surface area contributed by atoms with E-state index in [2.05, 4.69) is 4.90 Å². The largest absolute Gasteiger partial charge is 0.489 e. The summed E-state index contributed by atoms with van der Waals surface area (Å²) in [6.07, 6.45) is 1.14. The highest BCUT2D eigenvalue weighted by Gasteiger charge is 2.19. The summed E-state index contributed by atoms with van der Waals surface area (Å²) in [6, 6.07) is 10.6. The van der Waals surface area contributed by atoms with Crippen LogP contribution in [-0.2, 0) is 0 Å². The Hall–Kier alpha value is -1.98. The summed E-state index contributed by atoms with van der Waals surface area (Å²) in [5, 5.41) is 10.3. The van der Waals surface area contributed by atoms with Crippen LogP contribution in [0.1, 0.15) is 30.1 Å². The zero-order valence-corrected chi connectivity index (χ0v) is 13.4. The lowest BCUT2D eigenvalue weighted by atomic mass is 10.0. The third-order valence-corrected chi connectivity index (χ3v) is 4.32. The number of halogens is 2. The standard InChI is InChI=1S/C19H21F2NO2/c20-16-13-18(24-11-10-22-8-4-5-9-22)17(21)12-15(16)19(23)14-6-2-1-3-7-14/h1-3,6-7,12-13,19,23H,4-5,8-11H2. The zero-order chi connectivity index (χ0) is 16.9. The summed E-state index contributed by atoms with van der Waals surface area (Å²) in [4.78, 5) is 2.24. The topological polar surface area (TPSA) is 32.7 Å². The summed E-state index contributed by atoms with van der Waals surface area (Å²) in [5.74, 6) is -1.46. The Labute approximate surface area is 140 Å². The molecule has 1 aliphatic heterocycles. The molecule has 0 aromatic heterocycles. The minimum atomic E-state index is -1.21. The number of hydrogen-bond donors (Lipinski definition) is 1. The van der Waals surface area contributed by atoms with E-state index in [1.807, 2.05) is 0 Å². The fraction of sp³-hybridized carbons (Fsp3) is 0.368. The molecule has 1 saturated heterocycles. The Bertz CT molecular complexity index is 673. The van der Waals surface area contributed by atoms with Gasteiger partial charge in [-0.3, -0.25) is 4.90 Å². The lowest BCUT2D eigenvalue weighted by Crippen LogP contribution is -2.25. The molecule has 5 heteroatoms. The van der Waals surface area contributed by atoms with Crippen LogP contribution in [0.25, 0.3) is 0 Å². The summed E-state index contributed by atoms with van der Waals surface area (Å²) in [7, 11) is 0. The molecule has 1 heterocycles. The van der Waals surface area contributed by atoms with E-state index in [4.69, 9.17) is 4.74 Å². The van der Waals surface area contributed by atoms with Crippen molar-refractivity contribution in [3.63, 3.8) is 0 Å². The molecule has 3 nitrogen and oxygen atoms in total. The van der Waals surface area contributed by atoms with Gasteiger partial charge >= 0.3 is 0 Å². The van der Waals surface area contributed by atoms with Crippen LogP contribution in [0.15, 0.2) is 42.5 Å². The molecule has 3 rings (SSSR count). The number of aliphatic hydroxyl groups excluding tert-OH is 1. The van der Waals surface area contributed by atoms with Gasteiger partial charge in [0.05, 0.1) is 0 Å². The number of rotatable bonds is 6. The predicted octanol–water partition coefficient (Wildman–Crippen LogP) is 3.52. The van der Waals surface area contributed by atoms with Crippen LogP contribution >= 0.6 is 0 Å². The van der Waals surface area contributed by atoms with E-state index in [-0.39, 0.29) is 11.3 Å². The van der Waals surface area contributed by atoms with Gasteiger partial charge in [-0.05, 0) is 37.6 Å². The van der Waals surface area contributed by atoms with Gasteiger partial charge in [0.15, 0.2) is 11.6 Å². The summed E-state index contributed by atoms with van der Waals surface area (Å²) in [6.45, 7) is 3.08. The van der Waals surface area contributed by atoms with Gasteiger partial charge in [0.25, 0.3) is 0 Å². The molecule has 1 N–H and O–H groups in total. The number of aliphatic hydroxyl groups is 1. The van der Waals surface area contributed by atoms with Gasteiger partial charge in [0.1, 0.15) is 18.5 Å². The van der Waals surface area contributed by atoms with E-state index in [0.717, 1.165) is 25.2 Å². The average molecular weight is 333 g/mol. The van der Waals surface area contributed by atoms with Crippen molar-refractivity contribution in [1.82, 2.24) is 4.90 Å². The van der Waals surface area contributed by atoms with Crippen molar-refractivity contribution < 1.29 is 18.6 Å². The molecular formula is C19H21F2NO2. The van der Waals surface area contributed by atoms with Crippen LogP contribution in [0.3, 0.4) is 0 Å². The van der Waals surface area contributed by atoms with E-state index in [9.17, 15) is 13.9 Å². The van der Waals surface area contributed by atoms with Crippen molar-refractivity contribution >= 4 is 0 Å². The van der Waals surface area contributed by atoms with Gasteiger partial charge in [-0.25, -0.2) is 8.78 Å². The fourth-order valence-electron chi connectivity index (χ4n) is 2.97. The highest BCUT2D eigenvalue weighted by Crippen LogP contribution is 2.29. The molecule has 1 unspecified atom stereocenters. The van der Waals surface area contributed by atoms with Gasteiger partial charge < -0.3 is 9.84 Å². The van der Waals surface area contributed by atoms with Crippen LogP contribution in [0.4, 0.5) is 8.78 Å². The lowest BCUT2D eigenvalue weighted by molar-refractivity contribution is 0.211. The third kappa shape index (κ3) is 3.91. The van der Waals surface area contributed by atoms with Gasteiger partial charge in [-0.2, -0.15) is 0 Å². The molecule has 0 spiro atoms. The van der Waals surface area contributed by atoms with E-state index in [1.165, 1.54) is 12.8 Å². The van der Waals surface area contributed by atoms with E-state index >= 15 is 0 Å². The molecule has 0 aliphatic carbocycles. The number of likely N-dealkylation sites (tertiary alicyclic amines) is 1. The maximum absolute atomic E-state index is 14.3. The Kier molecular flexibility index (Phi) is 5.43. The maximum atomic E-state index is 14.3. The summed E-state index contributed by atoms with van der Waals surface area (Å²) in [5.41, 5.74) is 0.420. The SMILES string of the molecule is OC(c1ccccc1)c1cc(F)c(OCCN2CCCC2)cc1F. The zero-order valence-electron chi connectivity index (χ0n) is 13.4. The second kappa shape index (κ2) is 7.73. The second-order valence-electron chi connectivity index (χ2n) is 6.01. The van der Waals surface area contributed by atoms with Crippen molar-refractivity contribution in [1.29, 1.82) is 0 Å². The third-order valence-electron chi connectivity index (χ3n) is 4.32. The van der Waals surface area contributed by atoms with Crippen LogP contribution < -0.4 is 4.74 Å². The molecule has 1 atom stereocenters. The van der Waals surface area contributed by atoms with Crippen molar-refractivity contribution in [2.75, 3.05) is 26.2 Å². The highest BCUT2D eigenvalue weighted by atomic mass is 19.1. The van der Waals surface area contributed by atoms with Crippen molar-refractivity contribution in [2.45, 2.75) is 18.9 Å². The van der Waals surface area contributed by atoms with Gasteiger partial charge in [-0.1, -0.05) is 30.3 Å². The smallest absolute Gasteiger partial charge is 0.165 e. The molecule has 0 saturated carbocycles. The minimum absolute atomic E-state index is 0.0920. The first-order chi connectivity index (χ1) is 11.6. The highest BCUT2D eigenvalue weighted by molar-refractivity contribution is 5.36. The number of benzene rings is 2. The van der Waals surface area contributed by atoms with Crippen molar-refractivity contribution in [3.05, 3.63) is 65.2 Å². The molecule has 2 aromatic rings. The first kappa shape index (κ1) is 16.9. The van der Waals surface area contributed by atoms with E-state index < -0.39 is 17.7 Å². The Morgan fingerprint density at radius 2 is 1.75 bits per heavy atom. The van der Waals surface area contributed by atoms with E-state index in [0.29, 0.717) is 18.7 Å². The van der Waals surface area contributed by atoms with Crippen LogP contribution in [0, 0.1) is 11.6 Å². The Morgan fingerprint density at radius 3 is 2.46 bits per heavy atom. The lowest BCUT2D eigenvalue weighted by Gasteiger charge is -2.17. The summed E-state index contributed by atoms with van der Waals surface area (Å²) < 4.78 is 33.8. The van der Waals surface area contributed by atoms with Gasteiger partial charge in [0.2, 0.25) is 0 Å². The molecule has 1 fully saturated rings. The first-order valence-electron chi connectivity index (χ1n) is 8.22. The normalized spacial score (nSPS) is 16.3. The molecule has 0 bridgehead atoms. The molecule has 0 amide bonds. The Balaban J connectivity index is 1.68. The fourth-order valence-corrected chi connectivity index (χ4v) is 2.97. The van der Waals surface area contributed by atoms with Crippen LogP contribution in [0.5, 0.6) is 5.75 Å². The quantitative estimate of drug-likeness (QED) is 0.878. The minimum Gasteiger partial charge on any atom is -0.489 e. The molecule has 24 heavy (non-hydrogen) atoms. The molecule has 0 radical (unpaired) electrons. The molecular weight excluding hydrogens is 312 g/mol. The predicted molar refractivity (Wildman–Crippen MR) is 88.0 cm³/mol. The number of hydrogen-bond acceptors (Lipinski definition) is 3. The Morgan fingerprint density at radius 1 is 1.04 bits per heavy atom.